The van der Waals surface area contributed by atoms with Gasteiger partial charge < -0.3 is 5.73 Å². The Hall–Kier alpha value is -2.98. The molecule has 0 spiro atoms. The van der Waals surface area contributed by atoms with E-state index in [1.54, 1.807) is 24.3 Å². The molecule has 1 aromatic heterocycles. The Bertz CT molecular complexity index is 956. The lowest BCUT2D eigenvalue weighted by molar-refractivity contribution is 0.103. The van der Waals surface area contributed by atoms with Gasteiger partial charge in [-0.3, -0.25) is 4.79 Å². The molecule has 1 heterocycles. The standard InChI is InChI=1S/C17H10BrFN4O/c18-11-3-1-10(2-4-11)16(24)15-14(9-20)17(21)23(22-15)13-7-5-12(19)6-8-13/h1-8H,21H2. The van der Waals surface area contributed by atoms with Crippen molar-refractivity contribution >= 4 is 27.5 Å². The number of rotatable bonds is 3. The predicted molar refractivity (Wildman–Crippen MR) is 90.2 cm³/mol. The smallest absolute Gasteiger partial charge is 0.214 e. The molecule has 7 heteroatoms. The normalized spacial score (nSPS) is 10.4. The number of anilines is 1. The fourth-order valence-corrected chi connectivity index (χ4v) is 2.48. The van der Waals surface area contributed by atoms with Crippen LogP contribution in [0.3, 0.4) is 0 Å². The number of nitriles is 1. The van der Waals surface area contributed by atoms with Crippen molar-refractivity contribution in [1.82, 2.24) is 9.78 Å². The molecule has 24 heavy (non-hydrogen) atoms. The molecule has 0 bridgehead atoms. The maximum atomic E-state index is 13.1. The van der Waals surface area contributed by atoms with Crippen molar-refractivity contribution in [1.29, 1.82) is 5.26 Å². The van der Waals surface area contributed by atoms with E-state index < -0.39 is 11.6 Å². The third-order valence-corrected chi connectivity index (χ3v) is 3.95. The Morgan fingerprint density at radius 1 is 1.17 bits per heavy atom. The van der Waals surface area contributed by atoms with Crippen molar-refractivity contribution in [3.63, 3.8) is 0 Å². The maximum Gasteiger partial charge on any atom is 0.214 e. The molecule has 0 radical (unpaired) electrons. The number of carbonyl (C=O) groups is 1. The minimum atomic E-state index is -0.411. The zero-order chi connectivity index (χ0) is 17.3. The van der Waals surface area contributed by atoms with Crippen LogP contribution in [0, 0.1) is 17.1 Å². The van der Waals surface area contributed by atoms with Gasteiger partial charge in [-0.05, 0) is 48.5 Å². The van der Waals surface area contributed by atoms with Crippen molar-refractivity contribution in [2.75, 3.05) is 5.73 Å². The van der Waals surface area contributed by atoms with Gasteiger partial charge in [0.1, 0.15) is 23.3 Å². The predicted octanol–water partition coefficient (Wildman–Crippen LogP) is 3.46. The van der Waals surface area contributed by atoms with E-state index in [0.29, 0.717) is 11.3 Å². The van der Waals surface area contributed by atoms with E-state index in [0.717, 1.165) is 4.47 Å². The summed E-state index contributed by atoms with van der Waals surface area (Å²) in [7, 11) is 0. The molecule has 2 N–H and O–H groups in total. The third kappa shape index (κ3) is 2.79. The summed E-state index contributed by atoms with van der Waals surface area (Å²) >= 11 is 3.30. The fraction of sp³-hybridized carbons (Fsp3) is 0. The highest BCUT2D eigenvalue weighted by Gasteiger charge is 2.23. The number of ketones is 1. The van der Waals surface area contributed by atoms with Crippen LogP contribution in [0.2, 0.25) is 0 Å². The monoisotopic (exact) mass is 384 g/mol. The SMILES string of the molecule is N#Cc1c(C(=O)c2ccc(Br)cc2)nn(-c2ccc(F)cc2)c1N. The average molecular weight is 385 g/mol. The summed E-state index contributed by atoms with van der Waals surface area (Å²) in [6, 6.07) is 14.0. The fourth-order valence-electron chi connectivity index (χ4n) is 2.22. The molecular formula is C17H10BrFN4O. The van der Waals surface area contributed by atoms with Crippen molar-refractivity contribution < 1.29 is 9.18 Å². The molecule has 2 aromatic carbocycles. The van der Waals surface area contributed by atoms with Crippen LogP contribution in [-0.4, -0.2) is 15.6 Å². The van der Waals surface area contributed by atoms with Gasteiger partial charge in [0.25, 0.3) is 0 Å². The number of nitrogens with zero attached hydrogens (tertiary/aromatic N) is 3. The van der Waals surface area contributed by atoms with Gasteiger partial charge in [0.15, 0.2) is 5.69 Å². The first kappa shape index (κ1) is 15.9. The molecule has 0 saturated heterocycles. The lowest BCUT2D eigenvalue weighted by Gasteiger charge is -2.03. The van der Waals surface area contributed by atoms with Gasteiger partial charge in [-0.15, -0.1) is 0 Å². The van der Waals surface area contributed by atoms with Gasteiger partial charge in [0.05, 0.1) is 5.69 Å². The van der Waals surface area contributed by atoms with Crippen LogP contribution in [-0.2, 0) is 0 Å². The van der Waals surface area contributed by atoms with E-state index in [-0.39, 0.29) is 17.1 Å². The Balaban J connectivity index is 2.10. The van der Waals surface area contributed by atoms with E-state index in [2.05, 4.69) is 21.0 Å². The quantitative estimate of drug-likeness (QED) is 0.700. The summed E-state index contributed by atoms with van der Waals surface area (Å²) in [5.41, 5.74) is 6.75. The van der Waals surface area contributed by atoms with Crippen LogP contribution in [0.25, 0.3) is 5.69 Å². The molecule has 5 nitrogen and oxygen atoms in total. The van der Waals surface area contributed by atoms with Gasteiger partial charge in [0, 0.05) is 10.0 Å². The summed E-state index contributed by atoms with van der Waals surface area (Å²) in [6.45, 7) is 0. The summed E-state index contributed by atoms with van der Waals surface area (Å²) in [4.78, 5) is 12.6. The zero-order valence-corrected chi connectivity index (χ0v) is 13.8. The van der Waals surface area contributed by atoms with Crippen LogP contribution < -0.4 is 5.73 Å². The molecule has 0 atom stereocenters. The van der Waals surface area contributed by atoms with E-state index in [1.165, 1.54) is 28.9 Å². The topological polar surface area (TPSA) is 84.7 Å². The van der Waals surface area contributed by atoms with Crippen LogP contribution in [0.1, 0.15) is 21.6 Å². The largest absolute Gasteiger partial charge is 0.382 e. The number of aromatic nitrogens is 2. The van der Waals surface area contributed by atoms with Crippen LogP contribution in [0.15, 0.2) is 53.0 Å². The highest BCUT2D eigenvalue weighted by atomic mass is 79.9. The molecule has 3 aromatic rings. The maximum absolute atomic E-state index is 13.1. The second kappa shape index (κ2) is 6.26. The highest BCUT2D eigenvalue weighted by Crippen LogP contribution is 2.23. The molecule has 0 unspecified atom stereocenters. The van der Waals surface area contributed by atoms with E-state index in [9.17, 15) is 14.4 Å². The van der Waals surface area contributed by atoms with E-state index in [1.807, 2.05) is 6.07 Å². The van der Waals surface area contributed by atoms with Crippen molar-refractivity contribution in [2.45, 2.75) is 0 Å². The van der Waals surface area contributed by atoms with Gasteiger partial charge >= 0.3 is 0 Å². The number of benzene rings is 2. The number of nitrogen functional groups attached to an aromatic ring is 1. The molecule has 0 saturated carbocycles. The molecule has 0 amide bonds. The van der Waals surface area contributed by atoms with Gasteiger partial charge in [0.2, 0.25) is 5.78 Å². The summed E-state index contributed by atoms with van der Waals surface area (Å²) in [6.07, 6.45) is 0. The Labute approximate surface area is 145 Å². The minimum absolute atomic E-state index is 0.00718. The number of nitrogens with two attached hydrogens (primary N) is 1. The molecule has 0 aliphatic rings. The Kier molecular flexibility index (Phi) is 4.15. The average Bonchev–Trinajstić information content (AvgIpc) is 2.92. The highest BCUT2D eigenvalue weighted by molar-refractivity contribution is 9.10. The Morgan fingerprint density at radius 2 is 1.79 bits per heavy atom. The van der Waals surface area contributed by atoms with Crippen molar-refractivity contribution in [3.8, 4) is 11.8 Å². The lowest BCUT2D eigenvalue weighted by Crippen LogP contribution is -2.05. The van der Waals surface area contributed by atoms with Crippen LogP contribution >= 0.6 is 15.9 Å². The lowest BCUT2D eigenvalue weighted by atomic mass is 10.1. The van der Waals surface area contributed by atoms with Gasteiger partial charge in [-0.25, -0.2) is 9.07 Å². The molecule has 118 valence electrons. The van der Waals surface area contributed by atoms with Crippen LogP contribution in [0.4, 0.5) is 10.2 Å². The second-order valence-corrected chi connectivity index (χ2v) is 5.86. The first-order chi connectivity index (χ1) is 11.5. The van der Waals surface area contributed by atoms with Gasteiger partial charge in [-0.1, -0.05) is 15.9 Å². The van der Waals surface area contributed by atoms with Gasteiger partial charge in [-0.2, -0.15) is 10.4 Å². The molecule has 0 aliphatic heterocycles. The summed E-state index contributed by atoms with van der Waals surface area (Å²) in [5, 5.41) is 13.5. The van der Waals surface area contributed by atoms with E-state index >= 15 is 0 Å². The first-order valence-corrected chi connectivity index (χ1v) is 7.65. The first-order valence-electron chi connectivity index (χ1n) is 6.86. The van der Waals surface area contributed by atoms with Crippen LogP contribution in [0.5, 0.6) is 0 Å². The number of halogens is 2. The number of carbonyl (C=O) groups excluding carboxylic acids is 1. The Morgan fingerprint density at radius 3 is 2.38 bits per heavy atom. The summed E-state index contributed by atoms with van der Waals surface area (Å²) in [5.74, 6) is -0.785. The zero-order valence-electron chi connectivity index (χ0n) is 12.2. The summed E-state index contributed by atoms with van der Waals surface area (Å²) < 4.78 is 15.1. The van der Waals surface area contributed by atoms with Crippen molar-refractivity contribution in [2.24, 2.45) is 0 Å². The second-order valence-electron chi connectivity index (χ2n) is 4.94. The number of hydrogen-bond donors (Lipinski definition) is 1. The third-order valence-electron chi connectivity index (χ3n) is 3.43. The molecule has 3 rings (SSSR count). The molecular weight excluding hydrogens is 375 g/mol. The molecule has 0 fully saturated rings. The molecule has 0 aliphatic carbocycles. The minimum Gasteiger partial charge on any atom is -0.382 e. The number of hydrogen-bond acceptors (Lipinski definition) is 4. The van der Waals surface area contributed by atoms with Crippen molar-refractivity contribution in [3.05, 3.63) is 75.6 Å². The van der Waals surface area contributed by atoms with E-state index in [4.69, 9.17) is 5.73 Å².